The number of esters is 2. The number of hydrogen-bond donors (Lipinski definition) is 1. The zero-order valence-corrected chi connectivity index (χ0v) is 14.9. The van der Waals surface area contributed by atoms with Crippen LogP contribution in [-0.4, -0.2) is 51.7 Å². The lowest BCUT2D eigenvalue weighted by Gasteiger charge is -2.32. The summed E-state index contributed by atoms with van der Waals surface area (Å²) in [6, 6.07) is 3.07. The monoisotopic (exact) mass is 401 g/mol. The first-order chi connectivity index (χ1) is 11.4. The average Bonchev–Trinajstić information content (AvgIpc) is 2.61. The number of halogens is 1. The molecule has 130 valence electrons. The van der Waals surface area contributed by atoms with Gasteiger partial charge >= 0.3 is 11.9 Å². The molecule has 0 atom stereocenters. The van der Waals surface area contributed by atoms with Crippen molar-refractivity contribution < 1.29 is 33.6 Å². The lowest BCUT2D eigenvalue weighted by Crippen LogP contribution is -2.38. The van der Waals surface area contributed by atoms with Crippen molar-refractivity contribution in [3.8, 4) is 11.5 Å². The summed E-state index contributed by atoms with van der Waals surface area (Å²) in [6.45, 7) is -0.183. The van der Waals surface area contributed by atoms with Gasteiger partial charge in [0.05, 0.1) is 43.7 Å². The molecule has 1 aliphatic heterocycles. The molecule has 0 bridgehead atoms. The van der Waals surface area contributed by atoms with Crippen LogP contribution in [0, 0.1) is 0 Å². The van der Waals surface area contributed by atoms with E-state index in [1.807, 2.05) is 0 Å². The van der Waals surface area contributed by atoms with E-state index in [0.717, 1.165) is 0 Å². The second kappa shape index (κ2) is 7.54. The summed E-state index contributed by atoms with van der Waals surface area (Å²) in [7, 11) is 3.86. The summed E-state index contributed by atoms with van der Waals surface area (Å²) >= 11 is 3.21. The Hall–Kier alpha value is -2.26. The number of carbonyl (C=O) groups excluding carboxylic acids is 2. The second-order valence-electron chi connectivity index (χ2n) is 4.69. The lowest BCUT2D eigenvalue weighted by molar-refractivity contribution is -0.140. The number of hydrogen-bond acceptors (Lipinski definition) is 8. The topological polar surface area (TPSA) is 94.5 Å². The van der Waals surface area contributed by atoms with Gasteiger partial charge in [0.1, 0.15) is 18.2 Å². The lowest BCUT2D eigenvalue weighted by atomic mass is 10.1. The molecule has 0 saturated carbocycles. The molecule has 0 spiro atoms. The van der Waals surface area contributed by atoms with Crippen LogP contribution in [0.2, 0.25) is 0 Å². The molecule has 1 aliphatic rings. The molecule has 0 radical (unpaired) electrons. The summed E-state index contributed by atoms with van der Waals surface area (Å²) in [5.41, 5.74) is 0.141. The van der Waals surface area contributed by atoms with Gasteiger partial charge in [-0.15, -0.1) is 0 Å². The highest BCUT2D eigenvalue weighted by molar-refractivity contribution is 9.10. The van der Waals surface area contributed by atoms with Crippen LogP contribution >= 0.6 is 15.9 Å². The predicted molar refractivity (Wildman–Crippen MR) is 86.7 cm³/mol. The maximum absolute atomic E-state index is 12.2. The number of ether oxygens (including phenoxy) is 4. The third kappa shape index (κ3) is 3.31. The minimum absolute atomic E-state index is 0.00561. The fourth-order valence-corrected chi connectivity index (χ4v) is 2.65. The number of nitrogens with zero attached hydrogens (tertiary/aromatic N) is 1. The Bertz CT molecular complexity index is 701. The first-order valence-corrected chi connectivity index (χ1v) is 7.55. The van der Waals surface area contributed by atoms with Gasteiger partial charge in [0, 0.05) is 6.07 Å². The maximum atomic E-state index is 12.2. The number of aromatic hydroxyl groups is 1. The van der Waals surface area contributed by atoms with E-state index in [1.165, 1.54) is 32.3 Å². The van der Waals surface area contributed by atoms with Crippen LogP contribution in [0.4, 0.5) is 5.69 Å². The van der Waals surface area contributed by atoms with Crippen LogP contribution in [0.1, 0.15) is 0 Å². The number of anilines is 1. The summed E-state index contributed by atoms with van der Waals surface area (Å²) in [6.07, 6.45) is 0. The van der Waals surface area contributed by atoms with Gasteiger partial charge in [-0.1, -0.05) is 0 Å². The van der Waals surface area contributed by atoms with Gasteiger partial charge in [-0.3, -0.25) is 0 Å². The van der Waals surface area contributed by atoms with Crippen molar-refractivity contribution in [2.45, 2.75) is 0 Å². The minimum Gasteiger partial charge on any atom is -0.505 e. The maximum Gasteiger partial charge on any atom is 0.355 e. The smallest absolute Gasteiger partial charge is 0.355 e. The van der Waals surface area contributed by atoms with Gasteiger partial charge in [-0.25, -0.2) is 9.59 Å². The van der Waals surface area contributed by atoms with Crippen molar-refractivity contribution in [2.75, 3.05) is 39.6 Å². The van der Waals surface area contributed by atoms with Crippen molar-refractivity contribution in [3.05, 3.63) is 27.9 Å². The largest absolute Gasteiger partial charge is 0.505 e. The molecule has 9 heteroatoms. The van der Waals surface area contributed by atoms with Crippen LogP contribution in [0.15, 0.2) is 27.9 Å². The Balaban J connectivity index is 2.65. The number of benzene rings is 1. The number of carbonyl (C=O) groups is 2. The molecule has 0 saturated heterocycles. The highest BCUT2D eigenvalue weighted by Gasteiger charge is 2.34. The van der Waals surface area contributed by atoms with Crippen LogP contribution < -0.4 is 9.64 Å². The normalized spacial score (nSPS) is 14.4. The van der Waals surface area contributed by atoms with E-state index in [2.05, 4.69) is 20.7 Å². The van der Waals surface area contributed by atoms with E-state index < -0.39 is 11.9 Å². The Labute approximate surface area is 146 Å². The van der Waals surface area contributed by atoms with Crippen LogP contribution in [-0.2, 0) is 23.8 Å². The number of phenols is 1. The molecule has 8 nitrogen and oxygen atoms in total. The summed E-state index contributed by atoms with van der Waals surface area (Å²) in [5, 5.41) is 10.3. The van der Waals surface area contributed by atoms with Crippen molar-refractivity contribution in [1.29, 1.82) is 0 Å². The van der Waals surface area contributed by atoms with E-state index in [9.17, 15) is 14.7 Å². The Morgan fingerprint density at radius 3 is 2.46 bits per heavy atom. The van der Waals surface area contributed by atoms with Crippen molar-refractivity contribution in [1.82, 2.24) is 0 Å². The fourth-order valence-electron chi connectivity index (χ4n) is 2.22. The third-order valence-corrected chi connectivity index (χ3v) is 3.98. The molecule has 1 N–H and O–H groups in total. The Morgan fingerprint density at radius 1 is 1.21 bits per heavy atom. The van der Waals surface area contributed by atoms with Crippen molar-refractivity contribution in [3.63, 3.8) is 0 Å². The van der Waals surface area contributed by atoms with Crippen molar-refractivity contribution in [2.24, 2.45) is 0 Å². The number of phenolic OH excluding ortho intramolecular Hbond substituents is 1. The van der Waals surface area contributed by atoms with E-state index in [-0.39, 0.29) is 36.0 Å². The molecule has 1 aromatic carbocycles. The van der Waals surface area contributed by atoms with Gasteiger partial charge in [0.15, 0.2) is 5.75 Å². The number of rotatable bonds is 4. The second-order valence-corrected chi connectivity index (χ2v) is 5.55. The molecular weight excluding hydrogens is 386 g/mol. The highest BCUT2D eigenvalue weighted by Crippen LogP contribution is 2.41. The van der Waals surface area contributed by atoms with Gasteiger partial charge < -0.3 is 29.0 Å². The first kappa shape index (κ1) is 18.1. The molecule has 0 unspecified atom stereocenters. The van der Waals surface area contributed by atoms with E-state index in [0.29, 0.717) is 10.2 Å². The Kier molecular flexibility index (Phi) is 5.68. The molecule has 0 aliphatic carbocycles. The molecule has 1 heterocycles. The molecule has 0 aromatic heterocycles. The molecule has 1 aromatic rings. The zero-order chi connectivity index (χ0) is 17.9. The SMILES string of the molecule is COC(=O)C1=C(C(=O)OC)N(c2cc(OC)cc(Br)c2O)COC1. The van der Waals surface area contributed by atoms with Gasteiger partial charge in [-0.2, -0.15) is 0 Å². The van der Waals surface area contributed by atoms with Crippen molar-refractivity contribution >= 4 is 33.6 Å². The molecule has 2 rings (SSSR count). The summed E-state index contributed by atoms with van der Waals surface area (Å²) in [4.78, 5) is 25.5. The van der Waals surface area contributed by atoms with Gasteiger partial charge in [0.25, 0.3) is 0 Å². The Morgan fingerprint density at radius 2 is 1.88 bits per heavy atom. The minimum atomic E-state index is -0.753. The quantitative estimate of drug-likeness (QED) is 0.759. The summed E-state index contributed by atoms with van der Waals surface area (Å²) < 4.78 is 20.3. The van der Waals surface area contributed by atoms with Crippen LogP contribution in [0.5, 0.6) is 11.5 Å². The van der Waals surface area contributed by atoms with E-state index in [1.54, 1.807) is 6.07 Å². The molecule has 0 fully saturated rings. The van der Waals surface area contributed by atoms with Gasteiger partial charge in [0.2, 0.25) is 0 Å². The number of methoxy groups -OCH3 is 3. The zero-order valence-electron chi connectivity index (χ0n) is 13.3. The van der Waals surface area contributed by atoms with E-state index in [4.69, 9.17) is 14.2 Å². The molecule has 0 amide bonds. The molecular formula is C15H16BrNO7. The first-order valence-electron chi connectivity index (χ1n) is 6.76. The summed E-state index contributed by atoms with van der Waals surface area (Å²) in [5.74, 6) is -1.19. The third-order valence-electron chi connectivity index (χ3n) is 3.38. The molecule has 24 heavy (non-hydrogen) atoms. The standard InChI is InChI=1S/C15H16BrNO7/c1-21-8-4-10(16)13(18)11(5-8)17-7-24-6-9(14(19)22-2)12(17)15(20)23-3/h4-5,18H,6-7H2,1-3H3. The van der Waals surface area contributed by atoms with Crippen LogP contribution in [0.25, 0.3) is 0 Å². The fraction of sp³-hybridized carbons (Fsp3) is 0.333. The van der Waals surface area contributed by atoms with Gasteiger partial charge in [-0.05, 0) is 22.0 Å². The predicted octanol–water partition coefficient (Wildman–Crippen LogP) is 1.56. The average molecular weight is 402 g/mol. The van der Waals surface area contributed by atoms with Crippen LogP contribution in [0.3, 0.4) is 0 Å². The highest BCUT2D eigenvalue weighted by atomic mass is 79.9. The van der Waals surface area contributed by atoms with E-state index >= 15 is 0 Å².